The fourth-order valence-corrected chi connectivity index (χ4v) is 3.97. The van der Waals surface area contributed by atoms with Crippen LogP contribution < -0.4 is 5.73 Å². The van der Waals surface area contributed by atoms with Gasteiger partial charge in [0.2, 0.25) is 10.0 Å². The first kappa shape index (κ1) is 16.4. The van der Waals surface area contributed by atoms with E-state index in [9.17, 15) is 13.5 Å². The number of benzene rings is 1. The Kier molecular flexibility index (Phi) is 4.66. The summed E-state index contributed by atoms with van der Waals surface area (Å²) in [6.07, 6.45) is 0. The second kappa shape index (κ2) is 5.40. The first-order chi connectivity index (χ1) is 8.45. The van der Waals surface area contributed by atoms with Gasteiger partial charge in [-0.15, -0.1) is 0 Å². The van der Waals surface area contributed by atoms with Crippen LogP contribution in [0.2, 0.25) is 0 Å². The molecule has 1 aromatic carbocycles. The van der Waals surface area contributed by atoms with E-state index < -0.39 is 15.6 Å². The smallest absolute Gasteiger partial charge is 0.243 e. The molecule has 3 N–H and O–H groups in total. The molecule has 0 aromatic heterocycles. The summed E-state index contributed by atoms with van der Waals surface area (Å²) in [5.74, 6) is 0. The SMILES string of the molecule is Cc1c(N)cc(Br)cc1S(=O)(=O)N(C)CC(C)(C)O. The van der Waals surface area contributed by atoms with Crippen LogP contribution in [0.5, 0.6) is 0 Å². The molecule has 0 atom stereocenters. The van der Waals surface area contributed by atoms with Gasteiger partial charge in [-0.3, -0.25) is 0 Å². The van der Waals surface area contributed by atoms with Crippen LogP contribution in [0.15, 0.2) is 21.5 Å². The number of hydrogen-bond acceptors (Lipinski definition) is 4. The summed E-state index contributed by atoms with van der Waals surface area (Å²) >= 11 is 3.24. The molecule has 1 aromatic rings. The lowest BCUT2D eigenvalue weighted by Gasteiger charge is -2.26. The summed E-state index contributed by atoms with van der Waals surface area (Å²) in [7, 11) is -2.25. The molecule has 0 aliphatic rings. The molecule has 7 heteroatoms. The summed E-state index contributed by atoms with van der Waals surface area (Å²) in [5, 5.41) is 9.74. The average Bonchev–Trinajstić information content (AvgIpc) is 2.20. The van der Waals surface area contributed by atoms with E-state index in [1.54, 1.807) is 26.8 Å². The number of sulfonamides is 1. The molecule has 1 rings (SSSR count). The van der Waals surface area contributed by atoms with E-state index in [4.69, 9.17) is 5.73 Å². The number of nitrogens with two attached hydrogens (primary N) is 1. The molecule has 0 aliphatic heterocycles. The van der Waals surface area contributed by atoms with Crippen molar-refractivity contribution in [3.63, 3.8) is 0 Å². The highest BCUT2D eigenvalue weighted by Crippen LogP contribution is 2.28. The fraction of sp³-hybridized carbons (Fsp3) is 0.500. The zero-order valence-electron chi connectivity index (χ0n) is 11.4. The molecule has 0 bridgehead atoms. The van der Waals surface area contributed by atoms with Gasteiger partial charge in [0, 0.05) is 23.8 Å². The van der Waals surface area contributed by atoms with Crippen molar-refractivity contribution in [1.29, 1.82) is 0 Å². The molecule has 0 amide bonds. The molecule has 0 fully saturated rings. The van der Waals surface area contributed by atoms with Gasteiger partial charge in [0.15, 0.2) is 0 Å². The van der Waals surface area contributed by atoms with Crippen molar-refractivity contribution >= 4 is 31.6 Å². The second-order valence-electron chi connectivity index (χ2n) is 5.19. The van der Waals surface area contributed by atoms with Gasteiger partial charge in [-0.2, -0.15) is 4.31 Å². The maximum Gasteiger partial charge on any atom is 0.243 e. The lowest BCUT2D eigenvalue weighted by molar-refractivity contribution is 0.0640. The molecule has 0 unspecified atom stereocenters. The largest absolute Gasteiger partial charge is 0.398 e. The van der Waals surface area contributed by atoms with Crippen LogP contribution in [0.1, 0.15) is 19.4 Å². The van der Waals surface area contributed by atoms with E-state index in [2.05, 4.69) is 15.9 Å². The van der Waals surface area contributed by atoms with E-state index in [0.717, 1.165) is 4.31 Å². The van der Waals surface area contributed by atoms with Crippen LogP contribution in [0.4, 0.5) is 5.69 Å². The molecule has 0 spiro atoms. The first-order valence-electron chi connectivity index (χ1n) is 5.69. The van der Waals surface area contributed by atoms with Crippen LogP contribution >= 0.6 is 15.9 Å². The highest BCUT2D eigenvalue weighted by molar-refractivity contribution is 9.10. The molecule has 0 saturated heterocycles. The van der Waals surface area contributed by atoms with E-state index in [0.29, 0.717) is 15.7 Å². The van der Waals surface area contributed by atoms with Gasteiger partial charge in [0.25, 0.3) is 0 Å². The Morgan fingerprint density at radius 2 is 1.95 bits per heavy atom. The van der Waals surface area contributed by atoms with Crippen LogP contribution in [0.25, 0.3) is 0 Å². The van der Waals surface area contributed by atoms with Crippen LogP contribution in [-0.2, 0) is 10.0 Å². The summed E-state index contributed by atoms with van der Waals surface area (Å²) in [4.78, 5) is 0.145. The van der Waals surface area contributed by atoms with E-state index in [1.807, 2.05) is 0 Å². The maximum absolute atomic E-state index is 12.5. The summed E-state index contributed by atoms with van der Waals surface area (Å²) in [6.45, 7) is 4.77. The van der Waals surface area contributed by atoms with E-state index in [-0.39, 0.29) is 11.4 Å². The van der Waals surface area contributed by atoms with Crippen molar-refractivity contribution in [1.82, 2.24) is 4.31 Å². The van der Waals surface area contributed by atoms with E-state index >= 15 is 0 Å². The molecule has 0 radical (unpaired) electrons. The van der Waals surface area contributed by atoms with E-state index in [1.165, 1.54) is 13.1 Å². The van der Waals surface area contributed by atoms with Gasteiger partial charge >= 0.3 is 0 Å². The minimum atomic E-state index is -3.68. The quantitative estimate of drug-likeness (QED) is 0.810. The van der Waals surface area contributed by atoms with Gasteiger partial charge < -0.3 is 10.8 Å². The number of hydrogen-bond donors (Lipinski definition) is 2. The normalized spacial score (nSPS) is 13.0. The molecule has 0 aliphatic carbocycles. The lowest BCUT2D eigenvalue weighted by Crippen LogP contribution is -2.39. The van der Waals surface area contributed by atoms with Gasteiger partial charge in [0.1, 0.15) is 0 Å². The topological polar surface area (TPSA) is 83.6 Å². The Morgan fingerprint density at radius 3 is 2.42 bits per heavy atom. The number of halogens is 1. The number of rotatable bonds is 4. The van der Waals surface area contributed by atoms with Crippen LogP contribution in [0, 0.1) is 6.92 Å². The Morgan fingerprint density at radius 1 is 1.42 bits per heavy atom. The Balaban J connectivity index is 3.28. The summed E-state index contributed by atoms with van der Waals surface area (Å²) in [5.41, 5.74) is 5.59. The number of nitrogens with zero attached hydrogens (tertiary/aromatic N) is 1. The van der Waals surface area contributed by atoms with Crippen LogP contribution in [0.3, 0.4) is 0 Å². The number of aliphatic hydroxyl groups is 1. The number of likely N-dealkylation sites (N-methyl/N-ethyl adjacent to an activating group) is 1. The fourth-order valence-electron chi connectivity index (χ4n) is 1.74. The molecule has 5 nitrogen and oxygen atoms in total. The summed E-state index contributed by atoms with van der Waals surface area (Å²) in [6, 6.07) is 3.17. The van der Waals surface area contributed by atoms with Crippen LogP contribution in [-0.4, -0.2) is 37.0 Å². The van der Waals surface area contributed by atoms with Crippen molar-refractivity contribution in [2.75, 3.05) is 19.3 Å². The van der Waals surface area contributed by atoms with Crippen molar-refractivity contribution in [2.24, 2.45) is 0 Å². The maximum atomic E-state index is 12.5. The first-order valence-corrected chi connectivity index (χ1v) is 7.93. The predicted octanol–water partition coefficient (Wildman–Crippen LogP) is 1.73. The molecule has 0 saturated carbocycles. The minimum absolute atomic E-state index is 0.00118. The van der Waals surface area contributed by atoms with Crippen molar-refractivity contribution in [3.05, 3.63) is 22.2 Å². The Labute approximate surface area is 122 Å². The standard InChI is InChI=1S/C12H19BrN2O3S/c1-8-10(14)5-9(13)6-11(8)19(17,18)15(4)7-12(2,3)16/h5-6,16H,7,14H2,1-4H3. The highest BCUT2D eigenvalue weighted by Gasteiger charge is 2.28. The zero-order valence-corrected chi connectivity index (χ0v) is 13.8. The number of anilines is 1. The third kappa shape index (κ3) is 3.92. The van der Waals surface area contributed by atoms with Gasteiger partial charge in [-0.1, -0.05) is 15.9 Å². The second-order valence-corrected chi connectivity index (χ2v) is 8.12. The average molecular weight is 351 g/mol. The Hall–Kier alpha value is -0.630. The lowest BCUT2D eigenvalue weighted by atomic mass is 10.1. The molecule has 0 heterocycles. The zero-order chi connectivity index (χ0) is 15.0. The highest BCUT2D eigenvalue weighted by atomic mass is 79.9. The minimum Gasteiger partial charge on any atom is -0.398 e. The Bertz CT molecular complexity index is 579. The van der Waals surface area contributed by atoms with Crippen molar-refractivity contribution < 1.29 is 13.5 Å². The van der Waals surface area contributed by atoms with Gasteiger partial charge in [-0.25, -0.2) is 8.42 Å². The number of nitrogen functional groups attached to an aromatic ring is 1. The van der Waals surface area contributed by atoms with Crippen molar-refractivity contribution in [3.8, 4) is 0 Å². The van der Waals surface area contributed by atoms with Gasteiger partial charge in [0.05, 0.1) is 10.5 Å². The third-order valence-corrected chi connectivity index (χ3v) is 5.05. The predicted molar refractivity (Wildman–Crippen MR) is 79.4 cm³/mol. The summed E-state index contributed by atoms with van der Waals surface area (Å²) < 4.78 is 26.7. The molecule has 108 valence electrons. The molecular formula is C12H19BrN2O3S. The third-order valence-electron chi connectivity index (χ3n) is 2.66. The molecular weight excluding hydrogens is 332 g/mol. The monoisotopic (exact) mass is 350 g/mol. The van der Waals surface area contributed by atoms with Crippen molar-refractivity contribution in [2.45, 2.75) is 31.3 Å². The molecule has 19 heavy (non-hydrogen) atoms. The van der Waals surface area contributed by atoms with Gasteiger partial charge in [-0.05, 0) is 38.5 Å².